The zero-order chi connectivity index (χ0) is 20.4. The molecule has 0 N–H and O–H groups in total. The van der Waals surface area contributed by atoms with Crippen molar-refractivity contribution in [1.29, 1.82) is 0 Å². The van der Waals surface area contributed by atoms with E-state index in [1.807, 2.05) is 58.0 Å². The van der Waals surface area contributed by atoms with Crippen LogP contribution in [0.1, 0.15) is 39.5 Å². The van der Waals surface area contributed by atoms with Gasteiger partial charge in [0.1, 0.15) is 12.2 Å². The fourth-order valence-corrected chi connectivity index (χ4v) is 4.24. The zero-order valence-electron chi connectivity index (χ0n) is 17.5. The standard InChI is InChI=1S/C23H30O4S/c1-22(2,24-5)19-20(23(3,4)25-6)27-21(26-19)17-14-10-11-15-18(17)28-16-12-8-7-9-13-16/h7-15,19-21H,1-6H3/t19-,20-/m1/s1. The van der Waals surface area contributed by atoms with Gasteiger partial charge in [0.05, 0.1) is 11.2 Å². The highest BCUT2D eigenvalue weighted by Crippen LogP contribution is 2.44. The van der Waals surface area contributed by atoms with Crippen LogP contribution in [0.25, 0.3) is 0 Å². The first-order chi connectivity index (χ1) is 13.3. The Morgan fingerprint density at radius 3 is 1.79 bits per heavy atom. The van der Waals surface area contributed by atoms with Crippen molar-refractivity contribution in [3.8, 4) is 0 Å². The molecular weight excluding hydrogens is 372 g/mol. The van der Waals surface area contributed by atoms with Crippen molar-refractivity contribution in [2.24, 2.45) is 0 Å². The molecule has 0 unspecified atom stereocenters. The quantitative estimate of drug-likeness (QED) is 0.614. The van der Waals surface area contributed by atoms with Crippen LogP contribution in [0.4, 0.5) is 0 Å². The molecule has 0 amide bonds. The first-order valence-corrected chi connectivity index (χ1v) is 10.3. The van der Waals surface area contributed by atoms with E-state index in [0.29, 0.717) is 0 Å². The Kier molecular flexibility index (Phi) is 6.52. The van der Waals surface area contributed by atoms with Crippen molar-refractivity contribution in [2.45, 2.75) is 67.2 Å². The molecule has 0 radical (unpaired) electrons. The van der Waals surface area contributed by atoms with E-state index in [9.17, 15) is 0 Å². The average Bonchev–Trinajstić information content (AvgIpc) is 3.16. The van der Waals surface area contributed by atoms with E-state index in [-0.39, 0.29) is 12.2 Å². The number of hydrogen-bond acceptors (Lipinski definition) is 5. The van der Waals surface area contributed by atoms with Crippen LogP contribution in [0.3, 0.4) is 0 Å². The Morgan fingerprint density at radius 1 is 0.750 bits per heavy atom. The van der Waals surface area contributed by atoms with E-state index in [1.54, 1.807) is 26.0 Å². The molecule has 0 aliphatic carbocycles. The van der Waals surface area contributed by atoms with Gasteiger partial charge >= 0.3 is 0 Å². The molecule has 28 heavy (non-hydrogen) atoms. The summed E-state index contributed by atoms with van der Waals surface area (Å²) >= 11 is 1.71. The third kappa shape index (κ3) is 4.44. The lowest BCUT2D eigenvalue weighted by molar-refractivity contribution is -0.132. The molecular formula is C23H30O4S. The Bertz CT molecular complexity index is 751. The predicted octanol–water partition coefficient (Wildman–Crippen LogP) is 5.47. The second-order valence-corrected chi connectivity index (χ2v) is 9.13. The number of hydrogen-bond donors (Lipinski definition) is 0. The predicted molar refractivity (Wildman–Crippen MR) is 112 cm³/mol. The fourth-order valence-electron chi connectivity index (χ4n) is 3.26. The maximum Gasteiger partial charge on any atom is 0.186 e. The molecule has 0 spiro atoms. The molecule has 0 bridgehead atoms. The van der Waals surface area contributed by atoms with E-state index in [0.717, 1.165) is 10.5 Å². The molecule has 152 valence electrons. The van der Waals surface area contributed by atoms with Gasteiger partial charge in [-0.05, 0) is 45.9 Å². The van der Waals surface area contributed by atoms with E-state index >= 15 is 0 Å². The number of methoxy groups -OCH3 is 2. The summed E-state index contributed by atoms with van der Waals surface area (Å²) in [6.45, 7) is 8.08. The van der Waals surface area contributed by atoms with Crippen molar-refractivity contribution in [3.05, 3.63) is 60.2 Å². The van der Waals surface area contributed by atoms with E-state index in [1.165, 1.54) is 4.90 Å². The second-order valence-electron chi connectivity index (χ2n) is 8.01. The smallest absolute Gasteiger partial charge is 0.186 e. The molecule has 2 aromatic carbocycles. The first kappa shape index (κ1) is 21.3. The van der Waals surface area contributed by atoms with Crippen molar-refractivity contribution in [3.63, 3.8) is 0 Å². The highest BCUT2D eigenvalue weighted by molar-refractivity contribution is 7.99. The molecule has 3 rings (SSSR count). The molecule has 2 aromatic rings. The maximum atomic E-state index is 6.44. The number of rotatable bonds is 7. The number of ether oxygens (including phenoxy) is 4. The van der Waals surface area contributed by atoms with Crippen LogP contribution in [-0.2, 0) is 18.9 Å². The summed E-state index contributed by atoms with van der Waals surface area (Å²) in [5.74, 6) is 0. The lowest BCUT2D eigenvalue weighted by Gasteiger charge is -2.38. The molecule has 4 nitrogen and oxygen atoms in total. The van der Waals surface area contributed by atoms with Crippen LogP contribution in [-0.4, -0.2) is 37.6 Å². The third-order valence-corrected chi connectivity index (χ3v) is 6.48. The summed E-state index contributed by atoms with van der Waals surface area (Å²) in [5, 5.41) is 0. The second kappa shape index (κ2) is 8.56. The van der Waals surface area contributed by atoms with E-state index in [4.69, 9.17) is 18.9 Å². The Labute approximate surface area is 172 Å². The lowest BCUT2D eigenvalue weighted by atomic mass is 9.87. The summed E-state index contributed by atoms with van der Waals surface area (Å²) in [6, 6.07) is 18.5. The normalized spacial score (nSPS) is 21.2. The van der Waals surface area contributed by atoms with Gasteiger partial charge in [-0.15, -0.1) is 0 Å². The summed E-state index contributed by atoms with van der Waals surface area (Å²) in [4.78, 5) is 2.29. The van der Waals surface area contributed by atoms with Crippen molar-refractivity contribution < 1.29 is 18.9 Å². The number of benzene rings is 2. The van der Waals surface area contributed by atoms with Crippen LogP contribution >= 0.6 is 11.8 Å². The van der Waals surface area contributed by atoms with Gasteiger partial charge in [0.25, 0.3) is 0 Å². The van der Waals surface area contributed by atoms with E-state index < -0.39 is 17.5 Å². The molecule has 1 aliphatic heterocycles. The zero-order valence-corrected chi connectivity index (χ0v) is 18.3. The minimum absolute atomic E-state index is 0.271. The van der Waals surface area contributed by atoms with Gasteiger partial charge in [-0.1, -0.05) is 48.2 Å². The van der Waals surface area contributed by atoms with Crippen LogP contribution in [0.15, 0.2) is 64.4 Å². The topological polar surface area (TPSA) is 36.9 Å². The molecule has 1 heterocycles. The summed E-state index contributed by atoms with van der Waals surface area (Å²) in [5.41, 5.74) is -0.0179. The van der Waals surface area contributed by atoms with Gasteiger partial charge in [-0.2, -0.15) is 0 Å². The van der Waals surface area contributed by atoms with Gasteiger partial charge in [-0.25, -0.2) is 0 Å². The van der Waals surface area contributed by atoms with E-state index in [2.05, 4.69) is 24.3 Å². The van der Waals surface area contributed by atoms with Crippen LogP contribution < -0.4 is 0 Å². The third-order valence-electron chi connectivity index (χ3n) is 5.38. The maximum absolute atomic E-state index is 6.44. The fraction of sp³-hybridized carbons (Fsp3) is 0.478. The molecule has 1 fully saturated rings. The molecule has 2 atom stereocenters. The summed E-state index contributed by atoms with van der Waals surface area (Å²) < 4.78 is 24.4. The highest BCUT2D eigenvalue weighted by atomic mass is 32.2. The van der Waals surface area contributed by atoms with Gasteiger partial charge in [-0.3, -0.25) is 0 Å². The monoisotopic (exact) mass is 402 g/mol. The van der Waals surface area contributed by atoms with Crippen LogP contribution in [0.5, 0.6) is 0 Å². The SMILES string of the molecule is COC(C)(C)[C@@H]1OC(c2ccccc2Sc2ccccc2)O[C@H]1C(C)(C)OC. The van der Waals surface area contributed by atoms with Gasteiger partial charge < -0.3 is 18.9 Å². The Morgan fingerprint density at radius 2 is 1.25 bits per heavy atom. The molecule has 0 saturated carbocycles. The first-order valence-electron chi connectivity index (χ1n) is 9.51. The van der Waals surface area contributed by atoms with Crippen molar-refractivity contribution >= 4 is 11.8 Å². The Balaban J connectivity index is 1.92. The average molecular weight is 403 g/mol. The van der Waals surface area contributed by atoms with Gasteiger partial charge in [0.15, 0.2) is 6.29 Å². The minimum Gasteiger partial charge on any atom is -0.376 e. The molecule has 1 aliphatic rings. The largest absolute Gasteiger partial charge is 0.376 e. The van der Waals surface area contributed by atoms with Crippen molar-refractivity contribution in [2.75, 3.05) is 14.2 Å². The van der Waals surface area contributed by atoms with Gasteiger partial charge in [0.2, 0.25) is 0 Å². The van der Waals surface area contributed by atoms with Crippen molar-refractivity contribution in [1.82, 2.24) is 0 Å². The summed E-state index contributed by atoms with van der Waals surface area (Å²) in [6.07, 6.45) is -1.02. The van der Waals surface area contributed by atoms with Crippen LogP contribution in [0.2, 0.25) is 0 Å². The molecule has 1 saturated heterocycles. The highest BCUT2D eigenvalue weighted by Gasteiger charge is 2.52. The lowest BCUT2D eigenvalue weighted by Crippen LogP contribution is -2.53. The van der Waals surface area contributed by atoms with Crippen LogP contribution in [0, 0.1) is 0 Å². The molecule has 0 aromatic heterocycles. The Hall–Kier alpha value is -1.37. The summed E-state index contributed by atoms with van der Waals surface area (Å²) in [7, 11) is 3.40. The minimum atomic E-state index is -0.517. The molecule has 5 heteroatoms. The van der Waals surface area contributed by atoms with Gasteiger partial charge in [0, 0.05) is 29.6 Å².